The summed E-state index contributed by atoms with van der Waals surface area (Å²) >= 11 is 0. The minimum Gasteiger partial charge on any atom is -0.497 e. The fourth-order valence-electron chi connectivity index (χ4n) is 3.25. The molecule has 0 amide bonds. The Balaban J connectivity index is 2.46. The third-order valence-electron chi connectivity index (χ3n) is 4.68. The van der Waals surface area contributed by atoms with Gasteiger partial charge in [0.2, 0.25) is 0 Å². The van der Waals surface area contributed by atoms with Gasteiger partial charge in [-0.05, 0) is 12.5 Å². The van der Waals surface area contributed by atoms with Crippen LogP contribution in [0.15, 0.2) is 18.2 Å². The number of carbonyl (C=O) groups excluding carboxylic acids is 1. The number of Topliss-reactive ketones (excluding diaryl/α,β-unsaturated/α-hetero) is 1. The predicted octanol–water partition coefficient (Wildman–Crippen LogP) is 3.56. The quantitative estimate of drug-likeness (QED) is 0.511. The maximum Gasteiger partial charge on any atom is 0.175 e. The number of benzene rings is 2. The van der Waals surface area contributed by atoms with Crippen LogP contribution in [0.4, 0.5) is 0 Å². The SMILES string of the molecule is COc1cc(CCC(=O)c2c(OC)c(OC)cc(OC)c2OC)c(OC)c(OC)c1. The molecule has 0 atom stereocenters. The van der Waals surface area contributed by atoms with Crippen molar-refractivity contribution in [3.63, 3.8) is 0 Å². The summed E-state index contributed by atoms with van der Waals surface area (Å²) in [5, 5.41) is 0. The Morgan fingerprint density at radius 3 is 1.57 bits per heavy atom. The van der Waals surface area contributed by atoms with E-state index in [1.54, 1.807) is 33.5 Å². The number of ether oxygens (including phenoxy) is 7. The van der Waals surface area contributed by atoms with Gasteiger partial charge < -0.3 is 33.2 Å². The Labute approximate surface area is 176 Å². The van der Waals surface area contributed by atoms with Crippen molar-refractivity contribution in [1.29, 1.82) is 0 Å². The highest BCUT2D eigenvalue weighted by Gasteiger charge is 2.27. The molecule has 8 nitrogen and oxygen atoms in total. The van der Waals surface area contributed by atoms with E-state index >= 15 is 0 Å². The van der Waals surface area contributed by atoms with E-state index in [0.29, 0.717) is 35.2 Å². The topological polar surface area (TPSA) is 81.7 Å². The molecule has 0 aliphatic carbocycles. The normalized spacial score (nSPS) is 10.2. The van der Waals surface area contributed by atoms with Crippen LogP contribution in [0.25, 0.3) is 0 Å². The molecule has 0 aromatic heterocycles. The molecule has 0 saturated heterocycles. The molecule has 0 N–H and O–H groups in total. The molecule has 0 saturated carbocycles. The van der Waals surface area contributed by atoms with Crippen molar-refractivity contribution in [2.75, 3.05) is 49.8 Å². The Hall–Kier alpha value is -3.29. The van der Waals surface area contributed by atoms with Crippen molar-refractivity contribution < 1.29 is 38.0 Å². The Morgan fingerprint density at radius 1 is 0.633 bits per heavy atom. The van der Waals surface area contributed by atoms with E-state index in [0.717, 1.165) is 5.56 Å². The second kappa shape index (κ2) is 10.5. The molecule has 2 aromatic carbocycles. The van der Waals surface area contributed by atoms with Crippen LogP contribution in [0.3, 0.4) is 0 Å². The lowest BCUT2D eigenvalue weighted by Gasteiger charge is -2.19. The van der Waals surface area contributed by atoms with Crippen molar-refractivity contribution in [1.82, 2.24) is 0 Å². The van der Waals surface area contributed by atoms with Crippen molar-refractivity contribution in [3.05, 3.63) is 29.3 Å². The van der Waals surface area contributed by atoms with Gasteiger partial charge in [0.15, 0.2) is 40.3 Å². The fraction of sp³-hybridized carbons (Fsp3) is 0.409. The number of aryl methyl sites for hydroxylation is 1. The number of carbonyl (C=O) groups is 1. The van der Waals surface area contributed by atoms with Crippen LogP contribution >= 0.6 is 0 Å². The highest BCUT2D eigenvalue weighted by Crippen LogP contribution is 2.45. The molecule has 2 rings (SSSR count). The predicted molar refractivity (Wildman–Crippen MR) is 111 cm³/mol. The molecule has 0 spiro atoms. The summed E-state index contributed by atoms with van der Waals surface area (Å²) in [5.74, 6) is 2.80. The summed E-state index contributed by atoms with van der Waals surface area (Å²) in [5.41, 5.74) is 1.03. The standard InChI is InChI=1S/C22H28O8/c1-24-14-10-13(20(28-5)16(11-14)25-2)8-9-15(23)19-21(29-6)17(26-3)12-18(27-4)22(19)30-7/h10-12H,8-9H2,1-7H3. The van der Waals surface area contributed by atoms with E-state index in [-0.39, 0.29) is 29.3 Å². The summed E-state index contributed by atoms with van der Waals surface area (Å²) in [6.45, 7) is 0. The lowest BCUT2D eigenvalue weighted by molar-refractivity contribution is 0.0975. The van der Waals surface area contributed by atoms with Gasteiger partial charge in [-0.25, -0.2) is 0 Å². The molecule has 164 valence electrons. The van der Waals surface area contributed by atoms with Gasteiger partial charge in [-0.2, -0.15) is 0 Å². The molecule has 0 unspecified atom stereocenters. The minimum absolute atomic E-state index is 0.149. The Bertz CT molecular complexity index is 861. The van der Waals surface area contributed by atoms with Gasteiger partial charge in [0.05, 0.1) is 49.8 Å². The average Bonchev–Trinajstić information content (AvgIpc) is 2.79. The molecule has 2 aromatic rings. The van der Waals surface area contributed by atoms with E-state index in [1.165, 1.54) is 28.4 Å². The lowest BCUT2D eigenvalue weighted by Crippen LogP contribution is -2.09. The van der Waals surface area contributed by atoms with Gasteiger partial charge in [0, 0.05) is 24.1 Å². The molecule has 0 fully saturated rings. The molecule has 0 radical (unpaired) electrons. The maximum absolute atomic E-state index is 13.2. The molecule has 30 heavy (non-hydrogen) atoms. The minimum atomic E-state index is -0.204. The summed E-state index contributed by atoms with van der Waals surface area (Å²) in [4.78, 5) is 13.2. The second-order valence-electron chi connectivity index (χ2n) is 6.17. The molecule has 0 aliphatic rings. The van der Waals surface area contributed by atoms with E-state index < -0.39 is 0 Å². The molecule has 0 bridgehead atoms. The van der Waals surface area contributed by atoms with Crippen LogP contribution in [-0.2, 0) is 6.42 Å². The molecular formula is C22H28O8. The summed E-state index contributed by atoms with van der Waals surface area (Å²) < 4.78 is 37.8. The van der Waals surface area contributed by atoms with E-state index in [1.807, 2.05) is 6.07 Å². The fourth-order valence-corrected chi connectivity index (χ4v) is 3.25. The van der Waals surface area contributed by atoms with Crippen molar-refractivity contribution in [2.24, 2.45) is 0 Å². The molecule has 0 heterocycles. The van der Waals surface area contributed by atoms with Crippen LogP contribution in [-0.4, -0.2) is 55.6 Å². The first-order valence-electron chi connectivity index (χ1n) is 9.18. The number of hydrogen-bond donors (Lipinski definition) is 0. The molecular weight excluding hydrogens is 392 g/mol. The number of hydrogen-bond acceptors (Lipinski definition) is 8. The van der Waals surface area contributed by atoms with Gasteiger partial charge in [-0.1, -0.05) is 0 Å². The second-order valence-corrected chi connectivity index (χ2v) is 6.17. The van der Waals surface area contributed by atoms with Gasteiger partial charge in [-0.15, -0.1) is 0 Å². The Morgan fingerprint density at radius 2 is 1.13 bits per heavy atom. The van der Waals surface area contributed by atoms with E-state index in [2.05, 4.69) is 0 Å². The smallest absolute Gasteiger partial charge is 0.175 e. The highest BCUT2D eigenvalue weighted by molar-refractivity contribution is 6.03. The lowest BCUT2D eigenvalue weighted by atomic mass is 9.99. The highest BCUT2D eigenvalue weighted by atomic mass is 16.5. The largest absolute Gasteiger partial charge is 0.497 e. The van der Waals surface area contributed by atoms with Gasteiger partial charge in [0.1, 0.15) is 11.3 Å². The van der Waals surface area contributed by atoms with Gasteiger partial charge >= 0.3 is 0 Å². The van der Waals surface area contributed by atoms with Crippen molar-refractivity contribution in [3.8, 4) is 40.2 Å². The zero-order valence-corrected chi connectivity index (χ0v) is 18.4. The third kappa shape index (κ3) is 4.48. The first-order valence-corrected chi connectivity index (χ1v) is 9.18. The summed E-state index contributed by atoms with van der Waals surface area (Å²) in [7, 11) is 10.6. The van der Waals surface area contributed by atoms with Crippen LogP contribution < -0.4 is 33.2 Å². The van der Waals surface area contributed by atoms with Crippen LogP contribution in [0.1, 0.15) is 22.3 Å². The van der Waals surface area contributed by atoms with Gasteiger partial charge in [-0.3, -0.25) is 4.79 Å². The number of ketones is 1. The van der Waals surface area contributed by atoms with Crippen LogP contribution in [0.2, 0.25) is 0 Å². The Kier molecular flexibility index (Phi) is 8.03. The molecule has 0 aliphatic heterocycles. The van der Waals surface area contributed by atoms with Crippen molar-refractivity contribution >= 4 is 5.78 Å². The number of rotatable bonds is 11. The molecule has 8 heteroatoms. The average molecular weight is 420 g/mol. The maximum atomic E-state index is 13.2. The zero-order chi connectivity index (χ0) is 22.3. The zero-order valence-electron chi connectivity index (χ0n) is 18.4. The first-order chi connectivity index (χ1) is 14.5. The third-order valence-corrected chi connectivity index (χ3v) is 4.68. The number of methoxy groups -OCH3 is 7. The van der Waals surface area contributed by atoms with Crippen molar-refractivity contribution in [2.45, 2.75) is 12.8 Å². The summed E-state index contributed by atoms with van der Waals surface area (Å²) in [6, 6.07) is 5.16. The van der Waals surface area contributed by atoms with Crippen LogP contribution in [0, 0.1) is 0 Å². The van der Waals surface area contributed by atoms with E-state index in [9.17, 15) is 4.79 Å². The van der Waals surface area contributed by atoms with Crippen LogP contribution in [0.5, 0.6) is 40.2 Å². The monoisotopic (exact) mass is 420 g/mol. The summed E-state index contributed by atoms with van der Waals surface area (Å²) in [6.07, 6.45) is 0.525. The van der Waals surface area contributed by atoms with E-state index in [4.69, 9.17) is 33.2 Å². The van der Waals surface area contributed by atoms with Gasteiger partial charge in [0.25, 0.3) is 0 Å². The first kappa shape index (κ1) is 23.0.